The lowest BCUT2D eigenvalue weighted by Gasteiger charge is -2.16. The highest BCUT2D eigenvalue weighted by atomic mass is 32.2. The third-order valence-corrected chi connectivity index (χ3v) is 6.32. The molecule has 1 fully saturated rings. The molecule has 0 unspecified atom stereocenters. The van der Waals surface area contributed by atoms with Crippen LogP contribution in [0.5, 0.6) is 0 Å². The fourth-order valence-electron chi connectivity index (χ4n) is 3.09. The van der Waals surface area contributed by atoms with Gasteiger partial charge in [0, 0.05) is 19.5 Å². The third kappa shape index (κ3) is 5.23. The second kappa shape index (κ2) is 8.48. The predicted molar refractivity (Wildman–Crippen MR) is 115 cm³/mol. The highest BCUT2D eigenvalue weighted by Crippen LogP contribution is 2.25. The first-order valence-corrected chi connectivity index (χ1v) is 10.8. The summed E-state index contributed by atoms with van der Waals surface area (Å²) < 4.78 is 25.4. The Morgan fingerprint density at radius 1 is 1.03 bits per heavy atom. The van der Waals surface area contributed by atoms with E-state index < -0.39 is 10.0 Å². The topological polar surface area (TPSA) is 95.6 Å². The molecule has 2 amide bonds. The summed E-state index contributed by atoms with van der Waals surface area (Å²) in [7, 11) is -3.21. The molecular weight excluding hydrogens is 390 g/mol. The number of aryl methyl sites for hydroxylation is 1. The van der Waals surface area contributed by atoms with E-state index in [0.29, 0.717) is 30.0 Å². The predicted octanol–water partition coefficient (Wildman–Crippen LogP) is 3.15. The molecule has 1 aliphatic rings. The molecule has 0 aromatic heterocycles. The van der Waals surface area contributed by atoms with E-state index in [0.717, 1.165) is 11.1 Å². The van der Waals surface area contributed by atoms with E-state index in [1.165, 1.54) is 17.3 Å². The SMILES string of the molecule is CC(=O)Nc1ccc(C)cc1NC(=O)/C=C/c1ccc(N2CCCS2(=O)=O)cc1. The number of sulfonamides is 1. The van der Waals surface area contributed by atoms with Gasteiger partial charge < -0.3 is 10.6 Å². The molecular formula is C21H23N3O4S. The smallest absolute Gasteiger partial charge is 0.248 e. The Hall–Kier alpha value is -3.13. The van der Waals surface area contributed by atoms with E-state index in [9.17, 15) is 18.0 Å². The molecule has 1 aliphatic heterocycles. The van der Waals surface area contributed by atoms with Gasteiger partial charge in [0.1, 0.15) is 0 Å². The Morgan fingerprint density at radius 2 is 1.76 bits per heavy atom. The lowest BCUT2D eigenvalue weighted by atomic mass is 10.1. The van der Waals surface area contributed by atoms with Gasteiger partial charge in [-0.15, -0.1) is 0 Å². The van der Waals surface area contributed by atoms with Crippen molar-refractivity contribution in [3.63, 3.8) is 0 Å². The summed E-state index contributed by atoms with van der Waals surface area (Å²) in [6.07, 6.45) is 3.66. The van der Waals surface area contributed by atoms with E-state index in [2.05, 4.69) is 10.6 Å². The zero-order chi connectivity index (χ0) is 21.0. The van der Waals surface area contributed by atoms with Crippen LogP contribution >= 0.6 is 0 Å². The van der Waals surface area contributed by atoms with Gasteiger partial charge in [-0.05, 0) is 54.8 Å². The van der Waals surface area contributed by atoms with Crippen LogP contribution in [0, 0.1) is 6.92 Å². The minimum atomic E-state index is -3.21. The van der Waals surface area contributed by atoms with Gasteiger partial charge in [0.25, 0.3) is 0 Å². The summed E-state index contributed by atoms with van der Waals surface area (Å²) in [5, 5.41) is 5.45. The molecule has 1 heterocycles. The molecule has 152 valence electrons. The molecule has 0 aliphatic carbocycles. The third-order valence-electron chi connectivity index (χ3n) is 4.45. The second-order valence-electron chi connectivity index (χ2n) is 6.89. The minimum Gasteiger partial charge on any atom is -0.325 e. The van der Waals surface area contributed by atoms with Crippen molar-refractivity contribution in [3.8, 4) is 0 Å². The number of hydrogen-bond acceptors (Lipinski definition) is 4. The summed E-state index contributed by atoms with van der Waals surface area (Å²) >= 11 is 0. The largest absolute Gasteiger partial charge is 0.325 e. The van der Waals surface area contributed by atoms with Gasteiger partial charge in [0.2, 0.25) is 21.8 Å². The molecule has 2 N–H and O–H groups in total. The Bertz CT molecular complexity index is 1060. The average molecular weight is 413 g/mol. The molecule has 29 heavy (non-hydrogen) atoms. The Labute approximate surface area is 170 Å². The maximum atomic E-state index is 12.3. The minimum absolute atomic E-state index is 0.175. The average Bonchev–Trinajstić information content (AvgIpc) is 3.01. The molecule has 0 spiro atoms. The van der Waals surface area contributed by atoms with Crippen molar-refractivity contribution in [1.29, 1.82) is 0 Å². The van der Waals surface area contributed by atoms with Crippen molar-refractivity contribution < 1.29 is 18.0 Å². The van der Waals surface area contributed by atoms with Crippen molar-refractivity contribution in [3.05, 3.63) is 59.7 Å². The van der Waals surface area contributed by atoms with E-state index in [1.54, 1.807) is 42.5 Å². The van der Waals surface area contributed by atoms with Crippen LogP contribution in [0.1, 0.15) is 24.5 Å². The highest BCUT2D eigenvalue weighted by molar-refractivity contribution is 7.93. The fraction of sp³-hybridized carbons (Fsp3) is 0.238. The zero-order valence-corrected chi connectivity index (χ0v) is 17.1. The number of rotatable bonds is 5. The summed E-state index contributed by atoms with van der Waals surface area (Å²) in [4.78, 5) is 23.6. The van der Waals surface area contributed by atoms with E-state index in [4.69, 9.17) is 0 Å². The number of anilines is 3. The molecule has 2 aromatic carbocycles. The van der Waals surface area contributed by atoms with Crippen molar-refractivity contribution in [2.75, 3.05) is 27.2 Å². The van der Waals surface area contributed by atoms with Gasteiger partial charge in [-0.2, -0.15) is 0 Å². The summed E-state index contributed by atoms with van der Waals surface area (Å²) in [5.41, 5.74) is 3.40. The number of amides is 2. The first-order chi connectivity index (χ1) is 13.7. The van der Waals surface area contributed by atoms with Crippen molar-refractivity contribution in [1.82, 2.24) is 0 Å². The lowest BCUT2D eigenvalue weighted by molar-refractivity contribution is -0.114. The van der Waals surface area contributed by atoms with Crippen LogP contribution in [0.2, 0.25) is 0 Å². The zero-order valence-electron chi connectivity index (χ0n) is 16.3. The normalized spacial score (nSPS) is 15.4. The monoisotopic (exact) mass is 413 g/mol. The molecule has 0 saturated carbocycles. The van der Waals surface area contributed by atoms with Crippen molar-refractivity contribution >= 4 is 45.0 Å². The standard InChI is InChI=1S/C21H23N3O4S/c1-15-4-10-19(22-16(2)25)20(14-15)23-21(26)11-7-17-5-8-18(9-6-17)24-12-3-13-29(24,27)28/h4-11,14H,3,12-13H2,1-2H3,(H,22,25)(H,23,26)/b11-7+. The highest BCUT2D eigenvalue weighted by Gasteiger charge is 2.28. The van der Waals surface area contributed by atoms with Gasteiger partial charge in [-0.25, -0.2) is 8.42 Å². The Kier molecular flexibility index (Phi) is 6.03. The molecule has 2 aromatic rings. The first kappa shape index (κ1) is 20.6. The van der Waals surface area contributed by atoms with Crippen LogP contribution in [-0.4, -0.2) is 32.5 Å². The van der Waals surface area contributed by atoms with Crippen LogP contribution in [0.4, 0.5) is 17.1 Å². The molecule has 3 rings (SSSR count). The number of carbonyl (C=O) groups excluding carboxylic acids is 2. The van der Waals surface area contributed by atoms with Crippen LogP contribution in [0.25, 0.3) is 6.08 Å². The van der Waals surface area contributed by atoms with E-state index in [-0.39, 0.29) is 17.6 Å². The molecule has 0 radical (unpaired) electrons. The number of carbonyl (C=O) groups is 2. The molecule has 7 nitrogen and oxygen atoms in total. The van der Waals surface area contributed by atoms with E-state index in [1.807, 2.05) is 13.0 Å². The summed E-state index contributed by atoms with van der Waals surface area (Å²) in [6, 6.07) is 12.4. The number of hydrogen-bond donors (Lipinski definition) is 2. The fourth-order valence-corrected chi connectivity index (χ4v) is 4.65. The molecule has 0 atom stereocenters. The first-order valence-electron chi connectivity index (χ1n) is 9.22. The number of nitrogens with zero attached hydrogens (tertiary/aromatic N) is 1. The number of nitrogens with one attached hydrogen (secondary N) is 2. The Morgan fingerprint density at radius 3 is 2.38 bits per heavy atom. The summed E-state index contributed by atoms with van der Waals surface area (Å²) in [5.74, 6) is -0.387. The maximum absolute atomic E-state index is 12.3. The van der Waals surface area contributed by atoms with Gasteiger partial charge in [0.05, 0.1) is 22.8 Å². The van der Waals surface area contributed by atoms with E-state index >= 15 is 0 Å². The molecule has 1 saturated heterocycles. The van der Waals surface area contributed by atoms with Crippen LogP contribution < -0.4 is 14.9 Å². The Balaban J connectivity index is 1.68. The maximum Gasteiger partial charge on any atom is 0.248 e. The van der Waals surface area contributed by atoms with Crippen molar-refractivity contribution in [2.24, 2.45) is 0 Å². The van der Waals surface area contributed by atoms with Gasteiger partial charge in [-0.3, -0.25) is 13.9 Å². The quantitative estimate of drug-likeness (QED) is 0.736. The second-order valence-corrected chi connectivity index (χ2v) is 8.90. The van der Waals surface area contributed by atoms with Gasteiger partial charge >= 0.3 is 0 Å². The van der Waals surface area contributed by atoms with Crippen molar-refractivity contribution in [2.45, 2.75) is 20.3 Å². The van der Waals surface area contributed by atoms with Crippen LogP contribution in [-0.2, 0) is 19.6 Å². The summed E-state index contributed by atoms with van der Waals surface area (Å²) in [6.45, 7) is 3.79. The molecule has 0 bridgehead atoms. The van der Waals surface area contributed by atoms with Crippen LogP contribution in [0.3, 0.4) is 0 Å². The number of benzene rings is 2. The van der Waals surface area contributed by atoms with Gasteiger partial charge in [-0.1, -0.05) is 18.2 Å². The van der Waals surface area contributed by atoms with Gasteiger partial charge in [0.15, 0.2) is 0 Å². The molecule has 8 heteroatoms. The van der Waals surface area contributed by atoms with Crippen LogP contribution in [0.15, 0.2) is 48.5 Å². The lowest BCUT2D eigenvalue weighted by Crippen LogP contribution is -2.24.